The van der Waals surface area contributed by atoms with Gasteiger partial charge in [0.1, 0.15) is 18.1 Å². The second-order valence-electron chi connectivity index (χ2n) is 9.42. The van der Waals surface area contributed by atoms with Crippen molar-refractivity contribution in [2.24, 2.45) is 11.5 Å². The third-order valence-electron chi connectivity index (χ3n) is 6.58. The molecule has 3 rings (SSSR count). The van der Waals surface area contributed by atoms with Gasteiger partial charge in [0, 0.05) is 36.5 Å². The summed E-state index contributed by atoms with van der Waals surface area (Å²) in [4.78, 5) is 77.7. The summed E-state index contributed by atoms with van der Waals surface area (Å²) >= 11 is 0. The Kier molecular flexibility index (Phi) is 9.60. The average Bonchev–Trinajstić information content (AvgIpc) is 3.53. The first-order valence-corrected chi connectivity index (χ1v) is 12.4. The highest BCUT2D eigenvalue weighted by atomic mass is 16.4. The van der Waals surface area contributed by atoms with Crippen LogP contribution in [0.5, 0.6) is 0 Å². The van der Waals surface area contributed by atoms with E-state index < -0.39 is 66.2 Å². The molecule has 1 fully saturated rings. The number of nitrogens with one attached hydrogen (secondary N) is 3. The van der Waals surface area contributed by atoms with Crippen molar-refractivity contribution in [3.8, 4) is 0 Å². The molecular formula is C25H32N6O8. The van der Waals surface area contributed by atoms with Crippen molar-refractivity contribution in [1.82, 2.24) is 20.5 Å². The summed E-state index contributed by atoms with van der Waals surface area (Å²) < 4.78 is 0. The van der Waals surface area contributed by atoms with Crippen molar-refractivity contribution in [3.05, 3.63) is 36.0 Å². The number of aromatic nitrogens is 1. The molecule has 9 N–H and O–H groups in total. The number of nitrogens with two attached hydrogens (primary N) is 2. The molecule has 0 bridgehead atoms. The molecule has 2 heterocycles. The molecule has 4 unspecified atom stereocenters. The average molecular weight is 545 g/mol. The Morgan fingerprint density at radius 1 is 1.05 bits per heavy atom. The number of hydrogen-bond acceptors (Lipinski definition) is 7. The van der Waals surface area contributed by atoms with Crippen molar-refractivity contribution >= 4 is 46.5 Å². The number of amides is 4. The Hall–Kier alpha value is -4.46. The number of para-hydroxylation sites is 1. The van der Waals surface area contributed by atoms with E-state index in [4.69, 9.17) is 16.6 Å². The van der Waals surface area contributed by atoms with E-state index in [1.54, 1.807) is 12.3 Å². The fourth-order valence-electron chi connectivity index (χ4n) is 4.59. The molecule has 14 heteroatoms. The molecule has 1 saturated heterocycles. The quantitative estimate of drug-likeness (QED) is 0.160. The largest absolute Gasteiger partial charge is 0.481 e. The first-order chi connectivity index (χ1) is 18.5. The monoisotopic (exact) mass is 544 g/mol. The van der Waals surface area contributed by atoms with Gasteiger partial charge in [0.25, 0.3) is 0 Å². The number of carboxylic acid groups (broad SMARTS) is 2. The summed E-state index contributed by atoms with van der Waals surface area (Å²) in [6.07, 6.45) is 1.21. The van der Waals surface area contributed by atoms with Crippen molar-refractivity contribution in [1.29, 1.82) is 0 Å². The Bertz CT molecular complexity index is 1260. The van der Waals surface area contributed by atoms with Gasteiger partial charge in [-0.15, -0.1) is 0 Å². The molecule has 39 heavy (non-hydrogen) atoms. The first-order valence-electron chi connectivity index (χ1n) is 12.4. The molecule has 210 valence electrons. The van der Waals surface area contributed by atoms with Crippen LogP contribution in [-0.4, -0.2) is 86.4 Å². The van der Waals surface area contributed by atoms with Gasteiger partial charge in [-0.1, -0.05) is 18.2 Å². The Balaban J connectivity index is 1.86. The molecular weight excluding hydrogens is 512 g/mol. The van der Waals surface area contributed by atoms with Crippen LogP contribution >= 0.6 is 0 Å². The van der Waals surface area contributed by atoms with Gasteiger partial charge in [0.2, 0.25) is 23.6 Å². The van der Waals surface area contributed by atoms with Gasteiger partial charge in [-0.05, 0) is 30.9 Å². The molecule has 1 aromatic carbocycles. The van der Waals surface area contributed by atoms with Crippen molar-refractivity contribution in [3.63, 3.8) is 0 Å². The van der Waals surface area contributed by atoms with Crippen LogP contribution in [0.1, 0.15) is 37.7 Å². The summed E-state index contributed by atoms with van der Waals surface area (Å²) in [5, 5.41) is 24.3. The van der Waals surface area contributed by atoms with Crippen LogP contribution in [0.4, 0.5) is 0 Å². The van der Waals surface area contributed by atoms with Crippen LogP contribution in [0.3, 0.4) is 0 Å². The lowest BCUT2D eigenvalue weighted by atomic mass is 10.0. The molecule has 1 aliphatic rings. The van der Waals surface area contributed by atoms with Crippen LogP contribution in [0.25, 0.3) is 10.9 Å². The predicted molar refractivity (Wildman–Crippen MR) is 137 cm³/mol. The van der Waals surface area contributed by atoms with E-state index >= 15 is 0 Å². The van der Waals surface area contributed by atoms with E-state index in [1.165, 1.54) is 0 Å². The van der Waals surface area contributed by atoms with Crippen LogP contribution in [-0.2, 0) is 35.2 Å². The Morgan fingerprint density at radius 3 is 2.41 bits per heavy atom. The number of benzene rings is 1. The molecule has 14 nitrogen and oxygen atoms in total. The minimum absolute atomic E-state index is 0.0421. The number of carboxylic acids is 2. The van der Waals surface area contributed by atoms with Gasteiger partial charge < -0.3 is 42.2 Å². The third kappa shape index (κ3) is 7.54. The predicted octanol–water partition coefficient (Wildman–Crippen LogP) is -1.18. The summed E-state index contributed by atoms with van der Waals surface area (Å²) in [6.45, 7) is 0.165. The number of carbonyl (C=O) groups is 6. The highest BCUT2D eigenvalue weighted by Crippen LogP contribution is 2.21. The molecule has 0 spiro atoms. The number of hydrogen-bond donors (Lipinski definition) is 7. The van der Waals surface area contributed by atoms with E-state index in [1.807, 2.05) is 18.2 Å². The molecule has 1 aromatic heterocycles. The molecule has 1 aliphatic heterocycles. The number of H-pyrrole nitrogens is 1. The van der Waals surface area contributed by atoms with E-state index in [-0.39, 0.29) is 32.2 Å². The summed E-state index contributed by atoms with van der Waals surface area (Å²) in [6, 6.07) is 2.17. The van der Waals surface area contributed by atoms with Crippen LogP contribution < -0.4 is 22.1 Å². The molecule has 0 saturated carbocycles. The molecule has 2 aromatic rings. The number of primary amides is 1. The lowest BCUT2D eigenvalue weighted by Crippen LogP contribution is -2.57. The standard InChI is InChI=1S/C25H32N6O8/c26-15(11-21(33)34)22(35)30-18(10-13-12-28-16-5-2-1-4-14(13)16)23(36)29-17(7-8-20(27)32)24(37)31-9-3-6-19(31)25(38)39/h1-2,4-5,12,15,17-19,28H,3,6-11,26H2,(H2,27,32)(H,29,36)(H,30,35)(H,33,34)(H,38,39). The van der Waals surface area contributed by atoms with Gasteiger partial charge in [0.05, 0.1) is 12.5 Å². The smallest absolute Gasteiger partial charge is 0.326 e. The number of rotatable bonds is 13. The van der Waals surface area contributed by atoms with Crippen LogP contribution in [0.15, 0.2) is 30.5 Å². The number of fused-ring (bicyclic) bond motifs is 1. The number of carbonyl (C=O) groups excluding carboxylic acids is 4. The maximum Gasteiger partial charge on any atom is 0.326 e. The van der Waals surface area contributed by atoms with E-state index in [0.717, 1.165) is 15.8 Å². The van der Waals surface area contributed by atoms with Crippen LogP contribution in [0.2, 0.25) is 0 Å². The second kappa shape index (κ2) is 12.9. The molecule has 4 atom stereocenters. The minimum atomic E-state index is -1.44. The highest BCUT2D eigenvalue weighted by Gasteiger charge is 2.38. The van der Waals surface area contributed by atoms with Gasteiger partial charge in [-0.3, -0.25) is 24.0 Å². The fourth-order valence-corrected chi connectivity index (χ4v) is 4.59. The van der Waals surface area contributed by atoms with Gasteiger partial charge >= 0.3 is 11.9 Å². The fraction of sp³-hybridized carbons (Fsp3) is 0.440. The second-order valence-corrected chi connectivity index (χ2v) is 9.42. The zero-order chi connectivity index (χ0) is 28.7. The van der Waals surface area contributed by atoms with Crippen molar-refractivity contribution in [2.75, 3.05) is 6.54 Å². The van der Waals surface area contributed by atoms with E-state index in [0.29, 0.717) is 12.0 Å². The maximum atomic E-state index is 13.5. The van der Waals surface area contributed by atoms with E-state index in [2.05, 4.69) is 15.6 Å². The summed E-state index contributed by atoms with van der Waals surface area (Å²) in [5.41, 5.74) is 12.4. The zero-order valence-electron chi connectivity index (χ0n) is 21.1. The lowest BCUT2D eigenvalue weighted by Gasteiger charge is -2.29. The van der Waals surface area contributed by atoms with Crippen LogP contribution in [0, 0.1) is 0 Å². The van der Waals surface area contributed by atoms with Crippen molar-refractivity contribution < 1.29 is 39.0 Å². The molecule has 0 radical (unpaired) electrons. The van der Waals surface area contributed by atoms with Crippen molar-refractivity contribution in [2.45, 2.75) is 62.7 Å². The zero-order valence-corrected chi connectivity index (χ0v) is 21.1. The topological polar surface area (TPSA) is 238 Å². The summed E-state index contributed by atoms with van der Waals surface area (Å²) in [7, 11) is 0. The van der Waals surface area contributed by atoms with E-state index in [9.17, 15) is 33.9 Å². The highest BCUT2D eigenvalue weighted by molar-refractivity contribution is 5.96. The normalized spacial score (nSPS) is 17.3. The summed E-state index contributed by atoms with van der Waals surface area (Å²) in [5.74, 6) is -5.58. The number of aliphatic carboxylic acids is 2. The molecule has 0 aliphatic carbocycles. The maximum absolute atomic E-state index is 13.5. The Morgan fingerprint density at radius 2 is 1.74 bits per heavy atom. The molecule has 4 amide bonds. The van der Waals surface area contributed by atoms with Gasteiger partial charge in [0.15, 0.2) is 0 Å². The lowest BCUT2D eigenvalue weighted by molar-refractivity contribution is -0.149. The SMILES string of the molecule is NC(=O)CCC(NC(=O)C(Cc1c[nH]c2ccccc12)NC(=O)C(N)CC(=O)O)C(=O)N1CCCC1C(=O)O. The number of likely N-dealkylation sites (tertiary alicyclic amines) is 1. The number of nitrogens with zero attached hydrogens (tertiary/aromatic N) is 1. The Labute approximate surface area is 223 Å². The van der Waals surface area contributed by atoms with Gasteiger partial charge in [-0.25, -0.2) is 4.79 Å². The third-order valence-corrected chi connectivity index (χ3v) is 6.58. The van der Waals surface area contributed by atoms with Gasteiger partial charge in [-0.2, -0.15) is 0 Å². The first kappa shape index (κ1) is 29.1. The number of aromatic amines is 1. The minimum Gasteiger partial charge on any atom is -0.481 e.